The molecule has 9 nitrogen and oxygen atoms in total. The SMILES string of the molecule is C=CC\C=C1/CN/C(CN(C)CCC)=N\C(=C)\C=C/C1=C/C(=C)C1=C(C)CC=C(CN/C(=N\C)[C@@H](CNC(=O)OC)[C@H]2CCC(CN)C2)C=C1. The molecular formula is C41H61N7O2. The van der Waals surface area contributed by atoms with E-state index in [9.17, 15) is 4.79 Å². The van der Waals surface area contributed by atoms with Crippen molar-refractivity contribution in [3.05, 3.63) is 107 Å². The highest BCUT2D eigenvalue weighted by Crippen LogP contribution is 2.36. The van der Waals surface area contributed by atoms with Gasteiger partial charge in [0.05, 0.1) is 19.4 Å². The molecule has 2 aliphatic carbocycles. The number of likely N-dealkylation sites (N-methyl/N-ethyl adjacent to an activating group) is 1. The number of hydrogen-bond donors (Lipinski definition) is 4. The number of alkyl carbamates (subject to hydrolysis) is 1. The number of methoxy groups -OCH3 is 1. The van der Waals surface area contributed by atoms with Crippen molar-refractivity contribution in [2.24, 2.45) is 33.5 Å². The van der Waals surface area contributed by atoms with E-state index in [0.717, 1.165) is 85.6 Å². The number of rotatable bonds is 15. The Morgan fingerprint density at radius 3 is 2.74 bits per heavy atom. The van der Waals surface area contributed by atoms with Crippen LogP contribution in [0.1, 0.15) is 52.4 Å². The van der Waals surface area contributed by atoms with Crippen molar-refractivity contribution >= 4 is 17.8 Å². The fourth-order valence-electron chi connectivity index (χ4n) is 6.79. The van der Waals surface area contributed by atoms with Crippen LogP contribution in [-0.2, 0) is 4.74 Å². The van der Waals surface area contributed by atoms with Crippen LogP contribution >= 0.6 is 0 Å². The number of nitrogens with one attached hydrogen (secondary N) is 3. The molecule has 0 aromatic heterocycles. The molecule has 1 heterocycles. The predicted octanol–water partition coefficient (Wildman–Crippen LogP) is 6.55. The first-order chi connectivity index (χ1) is 24.1. The number of nitrogens with two attached hydrogens (primary N) is 1. The van der Waals surface area contributed by atoms with Gasteiger partial charge < -0.3 is 26.4 Å². The summed E-state index contributed by atoms with van der Waals surface area (Å²) >= 11 is 0. The van der Waals surface area contributed by atoms with Crippen molar-refractivity contribution in [1.82, 2.24) is 20.9 Å². The number of amidine groups is 2. The van der Waals surface area contributed by atoms with Crippen LogP contribution in [0.2, 0.25) is 0 Å². The summed E-state index contributed by atoms with van der Waals surface area (Å²) in [5.74, 6) is 2.76. The van der Waals surface area contributed by atoms with E-state index in [-0.39, 0.29) is 5.92 Å². The van der Waals surface area contributed by atoms with Crippen LogP contribution in [0.3, 0.4) is 0 Å². The summed E-state index contributed by atoms with van der Waals surface area (Å²) in [4.78, 5) is 23.7. The van der Waals surface area contributed by atoms with E-state index in [1.54, 1.807) is 0 Å². The van der Waals surface area contributed by atoms with E-state index in [1.165, 1.54) is 18.3 Å². The zero-order valence-electron chi connectivity index (χ0n) is 31.2. The molecule has 9 heteroatoms. The van der Waals surface area contributed by atoms with E-state index >= 15 is 0 Å². The lowest BCUT2D eigenvalue weighted by Crippen LogP contribution is -2.42. The number of ether oxygens (including phenoxy) is 1. The summed E-state index contributed by atoms with van der Waals surface area (Å²) in [6, 6.07) is 0. The van der Waals surface area contributed by atoms with Crippen molar-refractivity contribution in [2.75, 3.05) is 60.5 Å². The summed E-state index contributed by atoms with van der Waals surface area (Å²) in [5, 5.41) is 10.1. The molecule has 1 saturated carbocycles. The highest BCUT2D eigenvalue weighted by Gasteiger charge is 2.33. The van der Waals surface area contributed by atoms with Gasteiger partial charge in [-0.2, -0.15) is 0 Å². The zero-order chi connectivity index (χ0) is 36.5. The van der Waals surface area contributed by atoms with Crippen LogP contribution in [0.15, 0.2) is 117 Å². The Kier molecular flexibility index (Phi) is 17.0. The molecule has 3 rings (SSSR count). The first-order valence-electron chi connectivity index (χ1n) is 18.0. The van der Waals surface area contributed by atoms with Crippen molar-refractivity contribution in [2.45, 2.75) is 52.4 Å². The smallest absolute Gasteiger partial charge is 0.406 e. The summed E-state index contributed by atoms with van der Waals surface area (Å²) < 4.78 is 4.86. The Hall–Kier alpha value is -4.21. The summed E-state index contributed by atoms with van der Waals surface area (Å²) in [6.45, 7) is 21.2. The number of allylic oxidation sites excluding steroid dienone is 10. The molecule has 0 spiro atoms. The number of nitrogens with zero attached hydrogens (tertiary/aromatic N) is 3. The average Bonchev–Trinajstić information content (AvgIpc) is 3.52. The standard InChI is InChI=1S/C41H61N7O2/c1-9-11-12-36-26-44-39(28-48(7)21-10-2)47-31(5)14-18-34(36)22-30(4)37-20-17-32(15-13-29(37)3)25-45-40(43-6)38(27-46-41(49)50-8)35-19-16-33(23-35)24-42/h9,12,14-15,17-18,20,22,33,35,38H,1,4-5,10-11,13,16,19,21,23-28,42H2,2-3,6-8H3,(H,43,45)(H,44,47)(H,46,49)/b18-14-,34-22-,36-12+/t33?,35-,38-/m0/s1. The van der Waals surface area contributed by atoms with Crippen molar-refractivity contribution < 1.29 is 9.53 Å². The van der Waals surface area contributed by atoms with Crippen molar-refractivity contribution in [3.63, 3.8) is 0 Å². The lowest BCUT2D eigenvalue weighted by molar-refractivity contribution is 0.169. The van der Waals surface area contributed by atoms with E-state index in [0.29, 0.717) is 43.7 Å². The highest BCUT2D eigenvalue weighted by molar-refractivity contribution is 5.86. The van der Waals surface area contributed by atoms with E-state index in [2.05, 4.69) is 103 Å². The van der Waals surface area contributed by atoms with Gasteiger partial charge in [0.1, 0.15) is 11.7 Å². The van der Waals surface area contributed by atoms with Crippen LogP contribution in [0.25, 0.3) is 0 Å². The first kappa shape index (κ1) is 40.2. The van der Waals surface area contributed by atoms with Crippen LogP contribution in [0, 0.1) is 17.8 Å². The molecule has 0 saturated heterocycles. The molecule has 0 bridgehead atoms. The lowest BCUT2D eigenvalue weighted by Gasteiger charge is -2.26. The van der Waals surface area contributed by atoms with Crippen LogP contribution in [0.4, 0.5) is 4.79 Å². The van der Waals surface area contributed by atoms with E-state index in [1.807, 2.05) is 19.2 Å². The van der Waals surface area contributed by atoms with Gasteiger partial charge in [-0.3, -0.25) is 9.89 Å². The zero-order valence-corrected chi connectivity index (χ0v) is 31.2. The molecule has 1 amide bonds. The molecule has 0 aromatic rings. The van der Waals surface area contributed by atoms with Crippen LogP contribution in [-0.4, -0.2) is 83.1 Å². The second-order valence-corrected chi connectivity index (χ2v) is 13.5. The van der Waals surface area contributed by atoms with Crippen LogP contribution < -0.4 is 21.7 Å². The average molecular weight is 684 g/mol. The fourth-order valence-corrected chi connectivity index (χ4v) is 6.79. The number of amides is 1. The molecule has 5 N–H and O–H groups in total. The molecule has 3 atom stereocenters. The third-order valence-corrected chi connectivity index (χ3v) is 9.62. The molecule has 1 unspecified atom stereocenters. The number of carbonyl (C=O) groups is 1. The first-order valence-corrected chi connectivity index (χ1v) is 18.0. The second kappa shape index (κ2) is 21.1. The van der Waals surface area contributed by atoms with Gasteiger partial charge in [0.15, 0.2) is 0 Å². The predicted molar refractivity (Wildman–Crippen MR) is 211 cm³/mol. The van der Waals surface area contributed by atoms with E-state index < -0.39 is 6.09 Å². The topological polar surface area (TPSA) is 116 Å². The van der Waals surface area contributed by atoms with E-state index in [4.69, 9.17) is 15.5 Å². The molecule has 1 aliphatic heterocycles. The maximum Gasteiger partial charge on any atom is 0.406 e. The molecular weight excluding hydrogens is 622 g/mol. The lowest BCUT2D eigenvalue weighted by atomic mass is 9.88. The largest absolute Gasteiger partial charge is 0.453 e. The van der Waals surface area contributed by atoms with Gasteiger partial charge in [0, 0.05) is 32.6 Å². The van der Waals surface area contributed by atoms with Crippen molar-refractivity contribution in [3.8, 4) is 0 Å². The molecule has 0 aromatic carbocycles. The molecule has 50 heavy (non-hydrogen) atoms. The minimum Gasteiger partial charge on any atom is -0.453 e. The van der Waals surface area contributed by atoms with Gasteiger partial charge in [0.2, 0.25) is 0 Å². The number of aliphatic imine (C=N–C) groups is 2. The molecule has 0 radical (unpaired) electrons. The third kappa shape index (κ3) is 12.6. The quantitative estimate of drug-likeness (QED) is 0.0884. The Morgan fingerprint density at radius 1 is 1.26 bits per heavy atom. The molecule has 272 valence electrons. The van der Waals surface area contributed by atoms with Gasteiger partial charge in [-0.1, -0.05) is 62.1 Å². The minimum atomic E-state index is -0.430. The normalized spacial score (nSPS) is 24.0. The van der Waals surface area contributed by atoms with Crippen molar-refractivity contribution in [1.29, 1.82) is 0 Å². The number of hydrogen-bond acceptors (Lipinski definition) is 7. The molecule has 3 aliphatic rings. The van der Waals surface area contributed by atoms with Gasteiger partial charge in [-0.25, -0.2) is 9.79 Å². The summed E-state index contributed by atoms with van der Waals surface area (Å²) in [5.41, 5.74) is 13.4. The summed E-state index contributed by atoms with van der Waals surface area (Å²) in [6.07, 6.45) is 22.4. The highest BCUT2D eigenvalue weighted by atomic mass is 16.5. The minimum absolute atomic E-state index is 0.0569. The fraction of sp³-hybridized carbons (Fsp3) is 0.488. The Morgan fingerprint density at radius 2 is 2.06 bits per heavy atom. The monoisotopic (exact) mass is 683 g/mol. The molecule has 1 fully saturated rings. The third-order valence-electron chi connectivity index (χ3n) is 9.62. The maximum atomic E-state index is 12.0. The maximum absolute atomic E-state index is 12.0. The van der Waals surface area contributed by atoms with Gasteiger partial charge >= 0.3 is 6.09 Å². The Labute approximate surface area is 301 Å². The Balaban J connectivity index is 1.76. The number of carbonyl (C=O) groups excluding carboxylic acids is 1. The van der Waals surface area contributed by atoms with Gasteiger partial charge in [-0.05, 0) is 117 Å². The van der Waals surface area contributed by atoms with Gasteiger partial charge in [-0.15, -0.1) is 6.58 Å². The summed E-state index contributed by atoms with van der Waals surface area (Å²) in [7, 11) is 5.31. The van der Waals surface area contributed by atoms with Crippen LogP contribution in [0.5, 0.6) is 0 Å². The Bertz CT molecular complexity index is 1470. The second-order valence-electron chi connectivity index (χ2n) is 13.5. The van der Waals surface area contributed by atoms with Gasteiger partial charge in [0.25, 0.3) is 0 Å².